The van der Waals surface area contributed by atoms with Gasteiger partial charge in [0.05, 0.1) is 22.8 Å². The Morgan fingerprint density at radius 2 is 2.23 bits per heavy atom. The Labute approximate surface area is 84.3 Å². The third-order valence-corrected chi connectivity index (χ3v) is 2.04. The molecule has 1 aromatic heterocycles. The predicted octanol–water partition coefficient (Wildman–Crippen LogP) is 1.60. The van der Waals surface area contributed by atoms with E-state index < -0.39 is 5.97 Å². The molecule has 0 fully saturated rings. The Morgan fingerprint density at radius 1 is 1.62 bits per heavy atom. The number of aromatic nitrogens is 1. The first-order chi connectivity index (χ1) is 6.00. The minimum Gasteiger partial charge on any atom is -0.481 e. The fourth-order valence-electron chi connectivity index (χ4n) is 0.801. The molecule has 0 bridgehead atoms. The van der Waals surface area contributed by atoms with Crippen molar-refractivity contribution in [2.75, 3.05) is 5.73 Å². The van der Waals surface area contributed by atoms with Crippen molar-refractivity contribution in [3.63, 3.8) is 0 Å². The second kappa shape index (κ2) is 3.81. The summed E-state index contributed by atoms with van der Waals surface area (Å²) in [4.78, 5) is 14.1. The fourth-order valence-corrected chi connectivity index (χ4v) is 1.12. The maximum absolute atomic E-state index is 10.3. The highest BCUT2D eigenvalue weighted by molar-refractivity contribution is 6.41. The number of hydrogen-bond donors (Lipinski definition) is 2. The van der Waals surface area contributed by atoms with Crippen LogP contribution in [0.3, 0.4) is 0 Å². The van der Waals surface area contributed by atoms with Crippen LogP contribution in [0.15, 0.2) is 6.07 Å². The zero-order chi connectivity index (χ0) is 10.0. The van der Waals surface area contributed by atoms with Gasteiger partial charge < -0.3 is 10.8 Å². The third-order valence-electron chi connectivity index (χ3n) is 1.36. The second-order valence-electron chi connectivity index (χ2n) is 2.37. The van der Waals surface area contributed by atoms with Crippen molar-refractivity contribution in [2.24, 2.45) is 0 Å². The first-order valence-corrected chi connectivity index (χ1v) is 4.08. The number of pyridine rings is 1. The molecule has 1 aromatic rings. The molecule has 1 rings (SSSR count). The summed E-state index contributed by atoms with van der Waals surface area (Å²) in [5.74, 6) is -1.02. The van der Waals surface area contributed by atoms with E-state index in [4.69, 9.17) is 34.0 Å². The van der Waals surface area contributed by atoms with Crippen LogP contribution < -0.4 is 5.73 Å². The molecule has 4 nitrogen and oxygen atoms in total. The number of nitrogen functional groups attached to an aromatic ring is 1. The molecule has 0 aliphatic carbocycles. The summed E-state index contributed by atoms with van der Waals surface area (Å²) in [5.41, 5.74) is 5.93. The van der Waals surface area contributed by atoms with Gasteiger partial charge in [-0.25, -0.2) is 4.98 Å². The van der Waals surface area contributed by atoms with Gasteiger partial charge in [0.25, 0.3) is 0 Å². The number of nitrogens with zero attached hydrogens (tertiary/aromatic N) is 1. The summed E-state index contributed by atoms with van der Waals surface area (Å²) < 4.78 is 0. The van der Waals surface area contributed by atoms with Gasteiger partial charge in [0.15, 0.2) is 0 Å². The number of carboxylic acids is 1. The third kappa shape index (κ3) is 2.47. The molecule has 0 atom stereocenters. The number of aliphatic carboxylic acids is 1. The lowest BCUT2D eigenvalue weighted by Crippen LogP contribution is -2.06. The molecule has 1 heterocycles. The average Bonchev–Trinajstić information content (AvgIpc) is 1.99. The van der Waals surface area contributed by atoms with E-state index in [9.17, 15) is 4.79 Å². The van der Waals surface area contributed by atoms with E-state index in [0.717, 1.165) is 0 Å². The maximum Gasteiger partial charge on any atom is 0.309 e. The smallest absolute Gasteiger partial charge is 0.309 e. The van der Waals surface area contributed by atoms with Crippen LogP contribution in [-0.4, -0.2) is 16.1 Å². The van der Waals surface area contributed by atoms with Crippen molar-refractivity contribution in [2.45, 2.75) is 6.42 Å². The highest BCUT2D eigenvalue weighted by atomic mass is 35.5. The van der Waals surface area contributed by atoms with E-state index in [1.165, 1.54) is 6.07 Å². The molecule has 0 radical (unpaired) electrons. The van der Waals surface area contributed by atoms with Crippen molar-refractivity contribution in [3.8, 4) is 0 Å². The molecule has 0 saturated carbocycles. The molecule has 13 heavy (non-hydrogen) atoms. The molecular weight excluding hydrogens is 215 g/mol. The van der Waals surface area contributed by atoms with Crippen molar-refractivity contribution in [3.05, 3.63) is 21.9 Å². The van der Waals surface area contributed by atoms with Crippen molar-refractivity contribution < 1.29 is 9.90 Å². The number of anilines is 1. The zero-order valence-corrected chi connectivity index (χ0v) is 7.93. The van der Waals surface area contributed by atoms with Gasteiger partial charge in [-0.3, -0.25) is 4.79 Å². The van der Waals surface area contributed by atoms with Crippen LogP contribution in [0.5, 0.6) is 0 Å². The molecule has 0 unspecified atom stereocenters. The molecule has 0 aliphatic rings. The highest BCUT2D eigenvalue weighted by Gasteiger charge is 2.09. The van der Waals surface area contributed by atoms with Crippen molar-refractivity contribution >= 4 is 34.9 Å². The van der Waals surface area contributed by atoms with E-state index >= 15 is 0 Å². The van der Waals surface area contributed by atoms with Gasteiger partial charge in [0.2, 0.25) is 0 Å². The topological polar surface area (TPSA) is 76.2 Å². The fraction of sp³-hybridized carbons (Fsp3) is 0.143. The van der Waals surface area contributed by atoms with Gasteiger partial charge in [-0.1, -0.05) is 23.2 Å². The van der Waals surface area contributed by atoms with Gasteiger partial charge in [-0.2, -0.15) is 0 Å². The SMILES string of the molecule is Nc1cc(Cl)c(Cl)nc1CC(=O)O. The second-order valence-corrected chi connectivity index (χ2v) is 3.13. The summed E-state index contributed by atoms with van der Waals surface area (Å²) in [6, 6.07) is 1.38. The number of rotatable bonds is 2. The first-order valence-electron chi connectivity index (χ1n) is 3.33. The average molecular weight is 221 g/mol. The summed E-state index contributed by atoms with van der Waals surface area (Å²) in [7, 11) is 0. The van der Waals surface area contributed by atoms with Gasteiger partial charge in [0.1, 0.15) is 5.15 Å². The molecule has 6 heteroatoms. The van der Waals surface area contributed by atoms with Gasteiger partial charge in [-0.15, -0.1) is 0 Å². The number of carbonyl (C=O) groups is 1. The molecule has 0 aliphatic heterocycles. The molecule has 70 valence electrons. The quantitative estimate of drug-likeness (QED) is 0.743. The predicted molar refractivity (Wildman–Crippen MR) is 50.0 cm³/mol. The van der Waals surface area contributed by atoms with Crippen LogP contribution in [0.1, 0.15) is 5.69 Å². The Balaban J connectivity index is 3.08. The van der Waals surface area contributed by atoms with Crippen LogP contribution in [-0.2, 0) is 11.2 Å². The molecule has 0 spiro atoms. The monoisotopic (exact) mass is 220 g/mol. The molecule has 3 N–H and O–H groups in total. The Bertz CT molecular complexity index is 355. The minimum atomic E-state index is -1.02. The van der Waals surface area contributed by atoms with E-state index in [2.05, 4.69) is 4.98 Å². The highest BCUT2D eigenvalue weighted by Crippen LogP contribution is 2.24. The Hall–Kier alpha value is -1.00. The zero-order valence-electron chi connectivity index (χ0n) is 6.42. The molecule has 0 aromatic carbocycles. The minimum absolute atomic E-state index is 0.0621. The summed E-state index contributed by atoms with van der Waals surface area (Å²) in [6.45, 7) is 0. The van der Waals surface area contributed by atoms with E-state index in [0.29, 0.717) is 0 Å². The number of halogens is 2. The lowest BCUT2D eigenvalue weighted by Gasteiger charge is -2.03. The van der Waals surface area contributed by atoms with Gasteiger partial charge in [0, 0.05) is 0 Å². The van der Waals surface area contributed by atoms with Crippen LogP contribution >= 0.6 is 23.2 Å². The normalized spacial score (nSPS) is 10.0. The van der Waals surface area contributed by atoms with Crippen molar-refractivity contribution in [1.29, 1.82) is 0 Å². The Kier molecular flexibility index (Phi) is 2.95. The van der Waals surface area contributed by atoms with E-state index in [1.807, 2.05) is 0 Å². The molecule has 0 amide bonds. The largest absolute Gasteiger partial charge is 0.481 e. The van der Waals surface area contributed by atoms with Crippen molar-refractivity contribution in [1.82, 2.24) is 4.98 Å². The van der Waals surface area contributed by atoms with Crippen LogP contribution in [0.2, 0.25) is 10.2 Å². The van der Waals surface area contributed by atoms with Crippen LogP contribution in [0, 0.1) is 0 Å². The summed E-state index contributed by atoms with van der Waals surface area (Å²) in [6.07, 6.45) is -0.261. The molecule has 0 saturated heterocycles. The first kappa shape index (κ1) is 10.1. The Morgan fingerprint density at radius 3 is 2.77 bits per heavy atom. The standard InChI is InChI=1S/C7H6Cl2N2O2/c8-3-1-4(10)5(2-6(12)13)11-7(3)9/h1H,2,10H2,(H,12,13). The van der Waals surface area contributed by atoms with Gasteiger partial charge in [-0.05, 0) is 6.07 Å². The number of carboxylic acid groups (broad SMARTS) is 1. The number of nitrogens with two attached hydrogens (primary N) is 1. The molecular formula is C7H6Cl2N2O2. The lowest BCUT2D eigenvalue weighted by molar-refractivity contribution is -0.136. The number of hydrogen-bond acceptors (Lipinski definition) is 3. The van der Waals surface area contributed by atoms with Gasteiger partial charge >= 0.3 is 5.97 Å². The summed E-state index contributed by atoms with van der Waals surface area (Å²) >= 11 is 11.2. The van der Waals surface area contributed by atoms with Crippen LogP contribution in [0.4, 0.5) is 5.69 Å². The lowest BCUT2D eigenvalue weighted by atomic mass is 10.2. The summed E-state index contributed by atoms with van der Waals surface area (Å²) in [5, 5.41) is 8.76. The van der Waals surface area contributed by atoms with Crippen LogP contribution in [0.25, 0.3) is 0 Å². The van der Waals surface area contributed by atoms with E-state index in [-0.39, 0.29) is 28.0 Å². The maximum atomic E-state index is 10.3. The van der Waals surface area contributed by atoms with E-state index in [1.54, 1.807) is 0 Å².